The fraction of sp³-hybridized carbons (Fsp3) is 0.929. The van der Waals surface area contributed by atoms with Crippen molar-refractivity contribution in [3.8, 4) is 0 Å². The Morgan fingerprint density at radius 1 is 1.13 bits per heavy atom. The Kier molecular flexibility index (Phi) is 8.23. The lowest BCUT2D eigenvalue weighted by molar-refractivity contribution is -0.131. The van der Waals surface area contributed by atoms with Crippen LogP contribution in [0.25, 0.3) is 0 Å². The van der Waals surface area contributed by atoms with Crippen molar-refractivity contribution < 1.29 is 13.2 Å². The fourth-order valence-electron chi connectivity index (χ4n) is 3.14. The van der Waals surface area contributed by atoms with Crippen LogP contribution < -0.4 is 5.32 Å². The van der Waals surface area contributed by atoms with E-state index in [-0.39, 0.29) is 30.9 Å². The molecule has 0 bridgehead atoms. The zero-order valence-electron chi connectivity index (χ0n) is 14.0. The molecule has 7 nitrogen and oxygen atoms in total. The van der Waals surface area contributed by atoms with Crippen molar-refractivity contribution in [3.63, 3.8) is 0 Å². The van der Waals surface area contributed by atoms with Crippen LogP contribution in [0.1, 0.15) is 32.1 Å². The molecule has 1 N–H and O–H groups in total. The summed E-state index contributed by atoms with van der Waals surface area (Å²) in [5.74, 6) is -0.121. The SMILES string of the molecule is CN(CC(=O)N1CCNCC1)S(=O)(=O)N(C)C1CCCCC1.Cl. The first-order chi connectivity index (χ1) is 10.4. The number of nitrogens with zero attached hydrogens (tertiary/aromatic N) is 3. The van der Waals surface area contributed by atoms with Crippen molar-refractivity contribution in [2.45, 2.75) is 38.1 Å². The number of carbonyl (C=O) groups is 1. The minimum atomic E-state index is -3.57. The Morgan fingerprint density at radius 3 is 2.26 bits per heavy atom. The van der Waals surface area contributed by atoms with Gasteiger partial charge in [-0.1, -0.05) is 19.3 Å². The molecule has 0 radical (unpaired) electrons. The summed E-state index contributed by atoms with van der Waals surface area (Å²) in [4.78, 5) is 14.0. The summed E-state index contributed by atoms with van der Waals surface area (Å²) in [6, 6.07) is 0.0653. The zero-order valence-corrected chi connectivity index (χ0v) is 15.7. The van der Waals surface area contributed by atoms with Crippen molar-refractivity contribution in [1.29, 1.82) is 0 Å². The van der Waals surface area contributed by atoms with Gasteiger partial charge in [0.1, 0.15) is 0 Å². The Hall–Kier alpha value is -0.410. The molecular weight excluding hydrogens is 340 g/mol. The number of carbonyl (C=O) groups excluding carboxylic acids is 1. The Bertz CT molecular complexity index is 476. The topological polar surface area (TPSA) is 73.0 Å². The van der Waals surface area contributed by atoms with E-state index in [2.05, 4.69) is 5.32 Å². The standard InChI is InChI=1S/C14H28N4O3S.ClH/c1-16(12-14(19)18-10-8-15-9-11-18)22(20,21)17(2)13-6-4-3-5-7-13;/h13,15H,3-12H2,1-2H3;1H. The van der Waals surface area contributed by atoms with Crippen LogP contribution >= 0.6 is 12.4 Å². The first kappa shape index (κ1) is 20.6. The van der Waals surface area contributed by atoms with Crippen molar-refractivity contribution in [2.75, 3.05) is 46.8 Å². The average molecular weight is 369 g/mol. The van der Waals surface area contributed by atoms with E-state index >= 15 is 0 Å². The predicted molar refractivity (Wildman–Crippen MR) is 92.9 cm³/mol. The third kappa shape index (κ3) is 5.29. The number of rotatable bonds is 5. The highest BCUT2D eigenvalue weighted by Crippen LogP contribution is 2.24. The fourth-order valence-corrected chi connectivity index (χ4v) is 4.44. The largest absolute Gasteiger partial charge is 0.339 e. The summed E-state index contributed by atoms with van der Waals surface area (Å²) in [6.07, 6.45) is 5.16. The molecule has 1 saturated heterocycles. The van der Waals surface area contributed by atoms with Gasteiger partial charge in [-0.05, 0) is 12.8 Å². The number of nitrogens with one attached hydrogen (secondary N) is 1. The zero-order chi connectivity index (χ0) is 16.2. The first-order valence-corrected chi connectivity index (χ1v) is 9.50. The molecule has 23 heavy (non-hydrogen) atoms. The molecule has 1 amide bonds. The van der Waals surface area contributed by atoms with E-state index in [9.17, 15) is 13.2 Å². The van der Waals surface area contributed by atoms with Crippen LogP contribution in [0.2, 0.25) is 0 Å². The molecule has 1 aliphatic carbocycles. The molecule has 2 aliphatic rings. The molecular formula is C14H29ClN4O3S. The summed E-state index contributed by atoms with van der Waals surface area (Å²) < 4.78 is 27.9. The molecule has 2 rings (SSSR count). The molecule has 136 valence electrons. The monoisotopic (exact) mass is 368 g/mol. The van der Waals surface area contributed by atoms with Gasteiger partial charge in [-0.15, -0.1) is 12.4 Å². The van der Waals surface area contributed by atoms with Crippen LogP contribution in [-0.4, -0.2) is 80.7 Å². The lowest BCUT2D eigenvalue weighted by Crippen LogP contribution is -2.52. The van der Waals surface area contributed by atoms with Gasteiger partial charge in [0.15, 0.2) is 0 Å². The van der Waals surface area contributed by atoms with Gasteiger partial charge >= 0.3 is 0 Å². The van der Waals surface area contributed by atoms with E-state index in [0.717, 1.165) is 38.8 Å². The number of hydrogen-bond acceptors (Lipinski definition) is 4. The van der Waals surface area contributed by atoms with Crippen LogP contribution in [0.15, 0.2) is 0 Å². The van der Waals surface area contributed by atoms with E-state index in [1.807, 2.05) is 0 Å². The minimum absolute atomic E-state index is 0. The summed E-state index contributed by atoms with van der Waals surface area (Å²) in [5.41, 5.74) is 0. The van der Waals surface area contributed by atoms with E-state index in [1.165, 1.54) is 22.1 Å². The molecule has 9 heteroatoms. The van der Waals surface area contributed by atoms with Crippen molar-refractivity contribution in [1.82, 2.24) is 18.8 Å². The lowest BCUT2D eigenvalue weighted by Gasteiger charge is -2.34. The average Bonchev–Trinajstić information content (AvgIpc) is 2.55. The van der Waals surface area contributed by atoms with E-state index in [0.29, 0.717) is 13.1 Å². The number of halogens is 1. The molecule has 0 atom stereocenters. The highest BCUT2D eigenvalue weighted by Gasteiger charge is 2.32. The van der Waals surface area contributed by atoms with Gasteiger partial charge in [0.2, 0.25) is 5.91 Å². The van der Waals surface area contributed by atoms with Gasteiger partial charge in [-0.2, -0.15) is 17.0 Å². The van der Waals surface area contributed by atoms with E-state index in [4.69, 9.17) is 0 Å². The normalized spacial score (nSPS) is 20.6. The van der Waals surface area contributed by atoms with Gasteiger partial charge in [0, 0.05) is 46.3 Å². The van der Waals surface area contributed by atoms with Crippen molar-refractivity contribution in [2.24, 2.45) is 0 Å². The summed E-state index contributed by atoms with van der Waals surface area (Å²) >= 11 is 0. The second kappa shape index (κ2) is 9.17. The highest BCUT2D eigenvalue weighted by atomic mass is 35.5. The van der Waals surface area contributed by atoms with Gasteiger partial charge in [0.25, 0.3) is 10.2 Å². The molecule has 0 aromatic heterocycles. The third-order valence-electron chi connectivity index (χ3n) is 4.67. The summed E-state index contributed by atoms with van der Waals surface area (Å²) in [7, 11) is -0.438. The van der Waals surface area contributed by atoms with Gasteiger partial charge < -0.3 is 10.2 Å². The number of hydrogen-bond donors (Lipinski definition) is 1. The van der Waals surface area contributed by atoms with Gasteiger partial charge in [-0.3, -0.25) is 4.79 Å². The second-order valence-electron chi connectivity index (χ2n) is 6.20. The molecule has 0 aromatic rings. The summed E-state index contributed by atoms with van der Waals surface area (Å²) in [5, 5.41) is 3.18. The maximum absolute atomic E-state index is 12.6. The number of piperazine rings is 1. The van der Waals surface area contributed by atoms with Crippen LogP contribution in [0.3, 0.4) is 0 Å². The Balaban J connectivity index is 0.00000264. The maximum Gasteiger partial charge on any atom is 0.282 e. The molecule has 2 fully saturated rings. The third-order valence-corrected chi connectivity index (χ3v) is 6.62. The van der Waals surface area contributed by atoms with E-state index < -0.39 is 10.2 Å². The minimum Gasteiger partial charge on any atom is -0.339 e. The van der Waals surface area contributed by atoms with Crippen LogP contribution in [0.5, 0.6) is 0 Å². The lowest BCUT2D eigenvalue weighted by atomic mass is 9.96. The predicted octanol–water partition coefficient (Wildman–Crippen LogP) is 0.281. The van der Waals surface area contributed by atoms with Crippen molar-refractivity contribution >= 4 is 28.5 Å². The molecule has 1 saturated carbocycles. The molecule has 0 unspecified atom stereocenters. The van der Waals surface area contributed by atoms with Gasteiger partial charge in [0.05, 0.1) is 6.54 Å². The quantitative estimate of drug-likeness (QED) is 0.756. The Morgan fingerprint density at radius 2 is 1.70 bits per heavy atom. The summed E-state index contributed by atoms with van der Waals surface area (Å²) in [6.45, 7) is 2.74. The first-order valence-electron chi connectivity index (χ1n) is 8.10. The molecule has 0 spiro atoms. The van der Waals surface area contributed by atoms with Crippen molar-refractivity contribution in [3.05, 3.63) is 0 Å². The van der Waals surface area contributed by atoms with Crippen LogP contribution in [0, 0.1) is 0 Å². The van der Waals surface area contributed by atoms with Crippen LogP contribution in [-0.2, 0) is 15.0 Å². The van der Waals surface area contributed by atoms with Gasteiger partial charge in [-0.25, -0.2) is 0 Å². The second-order valence-corrected chi connectivity index (χ2v) is 8.30. The van der Waals surface area contributed by atoms with E-state index in [1.54, 1.807) is 11.9 Å². The smallest absolute Gasteiger partial charge is 0.282 e. The Labute approximate surface area is 146 Å². The molecule has 1 heterocycles. The highest BCUT2D eigenvalue weighted by molar-refractivity contribution is 7.86. The van der Waals surface area contributed by atoms with Crippen LogP contribution in [0.4, 0.5) is 0 Å². The molecule has 1 aliphatic heterocycles. The number of amides is 1. The number of likely N-dealkylation sites (N-methyl/N-ethyl adjacent to an activating group) is 1. The maximum atomic E-state index is 12.6. The molecule has 0 aromatic carbocycles.